The molecule has 0 spiro atoms. The summed E-state index contributed by atoms with van der Waals surface area (Å²) in [7, 11) is -3.70. The van der Waals surface area contributed by atoms with Crippen molar-refractivity contribution in [3.63, 3.8) is 0 Å². The molecule has 0 aliphatic carbocycles. The fourth-order valence-corrected chi connectivity index (χ4v) is 3.50. The molecule has 0 aliphatic heterocycles. The number of sulfonamides is 1. The van der Waals surface area contributed by atoms with Crippen molar-refractivity contribution in [3.8, 4) is 5.69 Å². The third-order valence-electron chi connectivity index (χ3n) is 3.59. The number of fused-ring (bicyclic) bond motifs is 1. The Bertz CT molecular complexity index is 1080. The van der Waals surface area contributed by atoms with Gasteiger partial charge in [-0.3, -0.25) is 4.72 Å². The fourth-order valence-electron chi connectivity index (χ4n) is 2.43. The van der Waals surface area contributed by atoms with E-state index in [0.29, 0.717) is 11.4 Å². The summed E-state index contributed by atoms with van der Waals surface area (Å²) >= 11 is 0. The van der Waals surface area contributed by atoms with Crippen LogP contribution in [0.15, 0.2) is 66.0 Å². The Morgan fingerprint density at radius 3 is 2.62 bits per heavy atom. The number of tetrazole rings is 1. The van der Waals surface area contributed by atoms with Gasteiger partial charge in [0.05, 0.1) is 21.8 Å². The second-order valence-electron chi connectivity index (χ2n) is 5.10. The number of nitrogens with zero attached hydrogens (tertiary/aromatic N) is 4. The number of nitrogens with one attached hydrogen (secondary N) is 2. The number of benzene rings is 2. The summed E-state index contributed by atoms with van der Waals surface area (Å²) in [5, 5.41) is 11.8. The normalized spacial score (nSPS) is 11.7. The van der Waals surface area contributed by atoms with Crippen LogP contribution in [0.25, 0.3) is 16.6 Å². The highest BCUT2D eigenvalue weighted by molar-refractivity contribution is 7.92. The molecule has 24 heavy (non-hydrogen) atoms. The van der Waals surface area contributed by atoms with Crippen molar-refractivity contribution >= 4 is 26.6 Å². The Balaban J connectivity index is 1.66. The lowest BCUT2D eigenvalue weighted by molar-refractivity contribution is 0.601. The summed E-state index contributed by atoms with van der Waals surface area (Å²) in [6.45, 7) is 0. The topological polar surface area (TPSA) is 106 Å². The molecule has 0 saturated heterocycles. The van der Waals surface area contributed by atoms with Crippen molar-refractivity contribution in [3.05, 3.63) is 61.1 Å². The number of aromatic amines is 1. The van der Waals surface area contributed by atoms with Crippen LogP contribution in [0.5, 0.6) is 0 Å². The molecule has 0 atom stereocenters. The van der Waals surface area contributed by atoms with Gasteiger partial charge in [-0.05, 0) is 46.8 Å². The van der Waals surface area contributed by atoms with E-state index in [1.165, 1.54) is 23.1 Å². The van der Waals surface area contributed by atoms with E-state index in [9.17, 15) is 8.42 Å². The van der Waals surface area contributed by atoms with Crippen LogP contribution in [0.2, 0.25) is 0 Å². The maximum atomic E-state index is 12.6. The number of hydrogen-bond acceptors (Lipinski definition) is 5. The Morgan fingerprint density at radius 2 is 1.88 bits per heavy atom. The molecule has 0 amide bonds. The van der Waals surface area contributed by atoms with Crippen LogP contribution in [0.4, 0.5) is 5.69 Å². The van der Waals surface area contributed by atoms with E-state index < -0.39 is 10.0 Å². The average molecular weight is 340 g/mol. The lowest BCUT2D eigenvalue weighted by atomic mass is 10.2. The summed E-state index contributed by atoms with van der Waals surface area (Å²) in [6.07, 6.45) is 3.21. The molecule has 8 nitrogen and oxygen atoms in total. The van der Waals surface area contributed by atoms with E-state index in [0.717, 1.165) is 10.9 Å². The van der Waals surface area contributed by atoms with E-state index in [1.807, 2.05) is 12.1 Å². The van der Waals surface area contributed by atoms with Gasteiger partial charge in [0.2, 0.25) is 0 Å². The van der Waals surface area contributed by atoms with Gasteiger partial charge < -0.3 is 4.98 Å². The van der Waals surface area contributed by atoms with Crippen LogP contribution in [0.1, 0.15) is 0 Å². The minimum absolute atomic E-state index is 0.155. The molecule has 2 heterocycles. The first kappa shape index (κ1) is 14.4. The highest BCUT2D eigenvalue weighted by Gasteiger charge is 2.16. The minimum Gasteiger partial charge on any atom is -0.359 e. The molecular weight excluding hydrogens is 328 g/mol. The highest BCUT2D eigenvalue weighted by atomic mass is 32.2. The molecule has 0 saturated carbocycles. The molecule has 0 unspecified atom stereocenters. The molecular formula is C15H12N6O2S. The molecule has 4 rings (SSSR count). The molecule has 2 N–H and O–H groups in total. The molecule has 9 heteroatoms. The van der Waals surface area contributed by atoms with Gasteiger partial charge in [-0.25, -0.2) is 13.1 Å². The van der Waals surface area contributed by atoms with Gasteiger partial charge in [-0.1, -0.05) is 12.1 Å². The van der Waals surface area contributed by atoms with Crippen LogP contribution in [-0.2, 0) is 10.0 Å². The number of para-hydroxylation sites is 1. The maximum Gasteiger partial charge on any atom is 0.261 e. The zero-order valence-electron chi connectivity index (χ0n) is 12.3. The summed E-state index contributed by atoms with van der Waals surface area (Å²) in [4.78, 5) is 3.19. The van der Waals surface area contributed by atoms with Crippen molar-refractivity contribution in [1.29, 1.82) is 0 Å². The first-order valence-electron chi connectivity index (χ1n) is 7.06. The van der Waals surface area contributed by atoms with Crippen molar-refractivity contribution in [2.75, 3.05) is 4.72 Å². The predicted molar refractivity (Wildman–Crippen MR) is 88.3 cm³/mol. The third-order valence-corrected chi connectivity index (χ3v) is 4.97. The first-order valence-corrected chi connectivity index (χ1v) is 8.54. The van der Waals surface area contributed by atoms with Crippen molar-refractivity contribution in [1.82, 2.24) is 25.2 Å². The van der Waals surface area contributed by atoms with E-state index in [4.69, 9.17) is 0 Å². The van der Waals surface area contributed by atoms with E-state index in [1.54, 1.807) is 30.5 Å². The lowest BCUT2D eigenvalue weighted by Gasteiger charge is -2.09. The van der Waals surface area contributed by atoms with Crippen LogP contribution in [0.3, 0.4) is 0 Å². The van der Waals surface area contributed by atoms with E-state index in [2.05, 4.69) is 25.2 Å². The monoisotopic (exact) mass is 340 g/mol. The molecule has 120 valence electrons. The Morgan fingerprint density at radius 1 is 1.04 bits per heavy atom. The standard InChI is InChI=1S/C15H12N6O2S/c22-24(23,18-14-3-1-2-11-8-9-16-15(11)14)13-6-4-12(5-7-13)21-10-17-19-20-21/h1-10,16,18H. The molecule has 2 aromatic heterocycles. The second kappa shape index (κ2) is 5.46. The van der Waals surface area contributed by atoms with Gasteiger partial charge in [0.25, 0.3) is 10.0 Å². The fraction of sp³-hybridized carbons (Fsp3) is 0. The second-order valence-corrected chi connectivity index (χ2v) is 6.78. The number of aromatic nitrogens is 5. The first-order chi connectivity index (χ1) is 11.6. The third kappa shape index (κ3) is 2.50. The zero-order valence-corrected chi connectivity index (χ0v) is 13.1. The number of H-pyrrole nitrogens is 1. The van der Waals surface area contributed by atoms with Gasteiger partial charge in [-0.15, -0.1) is 5.10 Å². The highest BCUT2D eigenvalue weighted by Crippen LogP contribution is 2.24. The van der Waals surface area contributed by atoms with Crippen molar-refractivity contribution in [2.45, 2.75) is 4.90 Å². The minimum atomic E-state index is -3.70. The van der Waals surface area contributed by atoms with Gasteiger partial charge in [0, 0.05) is 11.6 Å². The largest absolute Gasteiger partial charge is 0.359 e. The Labute approximate surface area is 137 Å². The quantitative estimate of drug-likeness (QED) is 0.590. The van der Waals surface area contributed by atoms with Gasteiger partial charge in [0.15, 0.2) is 0 Å². The Kier molecular flexibility index (Phi) is 3.28. The van der Waals surface area contributed by atoms with Crippen LogP contribution >= 0.6 is 0 Å². The molecule has 0 fully saturated rings. The van der Waals surface area contributed by atoms with Crippen LogP contribution in [0, 0.1) is 0 Å². The van der Waals surface area contributed by atoms with Crippen LogP contribution < -0.4 is 4.72 Å². The smallest absolute Gasteiger partial charge is 0.261 e. The summed E-state index contributed by atoms with van der Waals surface area (Å²) in [5.74, 6) is 0. The average Bonchev–Trinajstić information content (AvgIpc) is 3.27. The molecule has 0 aliphatic rings. The van der Waals surface area contributed by atoms with E-state index >= 15 is 0 Å². The zero-order chi connectivity index (χ0) is 16.6. The predicted octanol–water partition coefficient (Wildman–Crippen LogP) is 1.94. The molecule has 4 aromatic rings. The molecule has 2 aromatic carbocycles. The van der Waals surface area contributed by atoms with Gasteiger partial charge >= 0.3 is 0 Å². The van der Waals surface area contributed by atoms with Gasteiger partial charge in [0.1, 0.15) is 6.33 Å². The number of anilines is 1. The molecule has 0 radical (unpaired) electrons. The summed E-state index contributed by atoms with van der Waals surface area (Å²) in [5.41, 5.74) is 1.92. The molecule has 0 bridgehead atoms. The van der Waals surface area contributed by atoms with Crippen LogP contribution in [-0.4, -0.2) is 33.6 Å². The Hall–Kier alpha value is -3.20. The van der Waals surface area contributed by atoms with Crippen molar-refractivity contribution in [2.24, 2.45) is 0 Å². The summed E-state index contributed by atoms with van der Waals surface area (Å²) in [6, 6.07) is 13.6. The number of rotatable bonds is 4. The van der Waals surface area contributed by atoms with E-state index in [-0.39, 0.29) is 4.90 Å². The van der Waals surface area contributed by atoms with Gasteiger partial charge in [-0.2, -0.15) is 0 Å². The number of hydrogen-bond donors (Lipinski definition) is 2. The maximum absolute atomic E-state index is 12.6. The summed E-state index contributed by atoms with van der Waals surface area (Å²) < 4.78 is 29.2. The SMILES string of the molecule is O=S(=O)(Nc1cccc2cc[nH]c12)c1ccc(-n2cnnn2)cc1. The van der Waals surface area contributed by atoms with Crippen molar-refractivity contribution < 1.29 is 8.42 Å². The lowest BCUT2D eigenvalue weighted by Crippen LogP contribution is -2.13.